The van der Waals surface area contributed by atoms with E-state index in [1.807, 2.05) is 31.2 Å². The van der Waals surface area contributed by atoms with Gasteiger partial charge in [0.05, 0.1) is 6.61 Å². The molecule has 0 heterocycles. The first-order valence-corrected chi connectivity index (χ1v) is 7.29. The fourth-order valence-electron chi connectivity index (χ4n) is 3.01. The van der Waals surface area contributed by atoms with Gasteiger partial charge in [0.1, 0.15) is 0 Å². The molecule has 3 rings (SSSR count). The highest BCUT2D eigenvalue weighted by Crippen LogP contribution is 2.42. The maximum absolute atomic E-state index is 11.9. The Hall–Kier alpha value is -2.35. The number of carbonyl (C=O) groups excluding carboxylic acids is 1. The van der Waals surface area contributed by atoms with Crippen LogP contribution in [0.25, 0.3) is 5.57 Å². The van der Waals surface area contributed by atoms with Crippen LogP contribution in [-0.4, -0.2) is 12.6 Å². The summed E-state index contributed by atoms with van der Waals surface area (Å²) >= 11 is 0. The van der Waals surface area contributed by atoms with E-state index in [9.17, 15) is 4.79 Å². The van der Waals surface area contributed by atoms with Gasteiger partial charge < -0.3 is 4.74 Å². The fourth-order valence-corrected chi connectivity index (χ4v) is 3.01. The third-order valence-electron chi connectivity index (χ3n) is 3.98. The van der Waals surface area contributed by atoms with E-state index in [4.69, 9.17) is 4.74 Å². The zero-order valence-corrected chi connectivity index (χ0v) is 12.3. The van der Waals surface area contributed by atoms with Crippen molar-refractivity contribution >= 4 is 11.5 Å². The molecule has 0 bridgehead atoms. The Labute approximate surface area is 125 Å². The first-order valence-electron chi connectivity index (χ1n) is 7.29. The van der Waals surface area contributed by atoms with Crippen molar-refractivity contribution in [3.05, 3.63) is 76.9 Å². The average Bonchev–Trinajstić information content (AvgIpc) is 2.52. The normalized spacial score (nSPS) is 15.9. The molecule has 0 atom stereocenters. The first-order chi connectivity index (χ1) is 10.2. The molecule has 106 valence electrons. The molecule has 0 saturated carbocycles. The summed E-state index contributed by atoms with van der Waals surface area (Å²) in [5.74, 6) is 0.0448. The minimum atomic E-state index is -0.286. The molecule has 0 radical (unpaired) electrons. The number of benzene rings is 2. The van der Waals surface area contributed by atoms with Gasteiger partial charge >= 0.3 is 5.97 Å². The van der Waals surface area contributed by atoms with Gasteiger partial charge in [-0.3, -0.25) is 0 Å². The smallest absolute Gasteiger partial charge is 0.331 e. The molecule has 1 aliphatic carbocycles. The van der Waals surface area contributed by atoms with Crippen LogP contribution in [0.2, 0.25) is 0 Å². The van der Waals surface area contributed by atoms with Crippen molar-refractivity contribution < 1.29 is 9.53 Å². The van der Waals surface area contributed by atoms with Crippen molar-refractivity contribution in [2.75, 3.05) is 6.61 Å². The Kier molecular flexibility index (Phi) is 3.61. The van der Waals surface area contributed by atoms with Crippen molar-refractivity contribution in [1.29, 1.82) is 0 Å². The molecule has 2 aromatic carbocycles. The summed E-state index contributed by atoms with van der Waals surface area (Å²) in [6, 6.07) is 16.5. The summed E-state index contributed by atoms with van der Waals surface area (Å²) in [5, 5.41) is 0. The zero-order valence-electron chi connectivity index (χ0n) is 12.3. The van der Waals surface area contributed by atoms with Gasteiger partial charge in [-0.1, -0.05) is 55.5 Å². The van der Waals surface area contributed by atoms with Crippen LogP contribution in [0.15, 0.2) is 54.6 Å². The third kappa shape index (κ3) is 2.38. The lowest BCUT2D eigenvalue weighted by Crippen LogP contribution is -2.12. The molecular weight excluding hydrogens is 260 g/mol. The standard InChI is InChI=1S/C19H18O2/c1-3-21-19(20)12-18-16-10-6-4-8-14(16)13(2)15-9-5-7-11-17(15)18/h4-13H,3H2,1-2H3. The van der Waals surface area contributed by atoms with Gasteiger partial charge in [-0.15, -0.1) is 0 Å². The predicted molar refractivity (Wildman–Crippen MR) is 84.1 cm³/mol. The van der Waals surface area contributed by atoms with Crippen LogP contribution >= 0.6 is 0 Å². The number of ether oxygens (including phenoxy) is 1. The van der Waals surface area contributed by atoms with E-state index in [0.29, 0.717) is 12.5 Å². The Balaban J connectivity index is 2.20. The van der Waals surface area contributed by atoms with E-state index in [1.165, 1.54) is 11.1 Å². The van der Waals surface area contributed by atoms with Crippen LogP contribution in [0.3, 0.4) is 0 Å². The number of esters is 1. The van der Waals surface area contributed by atoms with E-state index >= 15 is 0 Å². The van der Waals surface area contributed by atoms with E-state index in [2.05, 4.69) is 31.2 Å². The van der Waals surface area contributed by atoms with Crippen molar-refractivity contribution in [2.45, 2.75) is 19.8 Å². The summed E-state index contributed by atoms with van der Waals surface area (Å²) in [4.78, 5) is 11.9. The van der Waals surface area contributed by atoms with Crippen molar-refractivity contribution in [2.24, 2.45) is 0 Å². The van der Waals surface area contributed by atoms with E-state index in [0.717, 1.165) is 16.7 Å². The number of carbonyl (C=O) groups is 1. The molecule has 0 amide bonds. The van der Waals surface area contributed by atoms with Crippen LogP contribution in [0.1, 0.15) is 42.0 Å². The quantitative estimate of drug-likeness (QED) is 0.609. The SMILES string of the molecule is CCOC(=O)C=C1c2ccccc2C(C)c2ccccc21. The molecule has 0 spiro atoms. The lowest BCUT2D eigenvalue weighted by Gasteiger charge is -2.27. The lowest BCUT2D eigenvalue weighted by molar-refractivity contribution is -0.137. The third-order valence-corrected chi connectivity index (χ3v) is 3.98. The summed E-state index contributed by atoms with van der Waals surface area (Å²) in [7, 11) is 0. The van der Waals surface area contributed by atoms with Crippen LogP contribution in [-0.2, 0) is 9.53 Å². The Morgan fingerprint density at radius 2 is 1.57 bits per heavy atom. The van der Waals surface area contributed by atoms with Crippen molar-refractivity contribution in [3.63, 3.8) is 0 Å². The number of hydrogen-bond donors (Lipinski definition) is 0. The van der Waals surface area contributed by atoms with Gasteiger partial charge in [0, 0.05) is 12.0 Å². The molecule has 0 aliphatic heterocycles. The molecule has 2 nitrogen and oxygen atoms in total. The summed E-state index contributed by atoms with van der Waals surface area (Å²) in [5.41, 5.74) is 5.71. The van der Waals surface area contributed by atoms with Crippen LogP contribution < -0.4 is 0 Å². The largest absolute Gasteiger partial charge is 0.463 e. The maximum Gasteiger partial charge on any atom is 0.331 e. The summed E-state index contributed by atoms with van der Waals surface area (Å²) in [6.07, 6.45) is 1.62. The highest BCUT2D eigenvalue weighted by molar-refractivity contribution is 5.98. The monoisotopic (exact) mass is 278 g/mol. The minimum absolute atomic E-state index is 0.286. The van der Waals surface area contributed by atoms with Gasteiger partial charge in [-0.25, -0.2) is 4.79 Å². The topological polar surface area (TPSA) is 26.3 Å². The predicted octanol–water partition coefficient (Wildman–Crippen LogP) is 4.15. The second-order valence-corrected chi connectivity index (χ2v) is 5.21. The molecule has 2 heteroatoms. The van der Waals surface area contributed by atoms with Gasteiger partial charge in [0.25, 0.3) is 0 Å². The van der Waals surface area contributed by atoms with Crippen LogP contribution in [0.4, 0.5) is 0 Å². The Morgan fingerprint density at radius 1 is 1.05 bits per heavy atom. The highest BCUT2D eigenvalue weighted by Gasteiger charge is 2.25. The summed E-state index contributed by atoms with van der Waals surface area (Å²) in [6.45, 7) is 4.42. The molecule has 0 fully saturated rings. The second-order valence-electron chi connectivity index (χ2n) is 5.21. The zero-order chi connectivity index (χ0) is 14.8. The van der Waals surface area contributed by atoms with Crippen LogP contribution in [0, 0.1) is 0 Å². The molecule has 21 heavy (non-hydrogen) atoms. The van der Waals surface area contributed by atoms with Gasteiger partial charge in [-0.05, 0) is 34.8 Å². The lowest BCUT2D eigenvalue weighted by atomic mass is 9.76. The van der Waals surface area contributed by atoms with E-state index in [-0.39, 0.29) is 5.97 Å². The van der Waals surface area contributed by atoms with Gasteiger partial charge in [-0.2, -0.15) is 0 Å². The maximum atomic E-state index is 11.9. The number of rotatable bonds is 2. The number of fused-ring (bicyclic) bond motifs is 2. The van der Waals surface area contributed by atoms with Crippen LogP contribution in [0.5, 0.6) is 0 Å². The molecule has 0 aromatic heterocycles. The Bertz CT molecular complexity index is 664. The number of hydrogen-bond acceptors (Lipinski definition) is 2. The van der Waals surface area contributed by atoms with E-state index < -0.39 is 0 Å². The second kappa shape index (κ2) is 5.57. The average molecular weight is 278 g/mol. The molecule has 0 N–H and O–H groups in total. The minimum Gasteiger partial charge on any atom is -0.463 e. The van der Waals surface area contributed by atoms with E-state index in [1.54, 1.807) is 6.08 Å². The Morgan fingerprint density at radius 3 is 2.10 bits per heavy atom. The molecule has 0 saturated heterocycles. The molecular formula is C19H18O2. The first kappa shape index (κ1) is 13.6. The van der Waals surface area contributed by atoms with Crippen molar-refractivity contribution in [3.8, 4) is 0 Å². The van der Waals surface area contributed by atoms with Gasteiger partial charge in [0.15, 0.2) is 0 Å². The molecule has 0 unspecified atom stereocenters. The molecule has 1 aliphatic rings. The van der Waals surface area contributed by atoms with Crippen molar-refractivity contribution in [1.82, 2.24) is 0 Å². The highest BCUT2D eigenvalue weighted by atomic mass is 16.5. The summed E-state index contributed by atoms with van der Waals surface area (Å²) < 4.78 is 5.09. The molecule has 2 aromatic rings. The van der Waals surface area contributed by atoms with Gasteiger partial charge in [0.2, 0.25) is 0 Å². The fraction of sp³-hybridized carbons (Fsp3) is 0.211.